The summed E-state index contributed by atoms with van der Waals surface area (Å²) in [7, 11) is 0. The number of rotatable bonds is 3. The monoisotopic (exact) mass is 520 g/mol. The number of hydrogen-bond acceptors (Lipinski definition) is 6. The van der Waals surface area contributed by atoms with Crippen molar-refractivity contribution in [3.8, 4) is 5.69 Å². The van der Waals surface area contributed by atoms with E-state index in [4.69, 9.17) is 26.7 Å². The molecular formula is C29H21ClN6S. The van der Waals surface area contributed by atoms with Crippen LogP contribution in [0.4, 0.5) is 22.9 Å². The van der Waals surface area contributed by atoms with Gasteiger partial charge >= 0.3 is 0 Å². The third-order valence-electron chi connectivity index (χ3n) is 6.56. The molecule has 0 amide bonds. The lowest BCUT2D eigenvalue weighted by Crippen LogP contribution is -2.46. The summed E-state index contributed by atoms with van der Waals surface area (Å²) in [6, 6.07) is 30.1. The lowest BCUT2D eigenvalue weighted by molar-refractivity contribution is 0.830. The highest BCUT2D eigenvalue weighted by molar-refractivity contribution is 7.10. The Balaban J connectivity index is 1.49. The number of para-hydroxylation sites is 3. The first-order chi connectivity index (χ1) is 18.2. The molecule has 5 aromatic rings. The third kappa shape index (κ3) is 3.66. The minimum Gasteiger partial charge on any atom is -0.337 e. The first-order valence-corrected chi connectivity index (χ1v) is 13.2. The Morgan fingerprint density at radius 2 is 1.65 bits per heavy atom. The number of thiophene rings is 1. The Hall–Kier alpha value is -4.20. The van der Waals surface area contributed by atoms with Crippen molar-refractivity contribution in [1.82, 2.24) is 9.78 Å². The largest absolute Gasteiger partial charge is 0.337 e. The molecule has 7 rings (SSSR count). The number of hydrogen-bond donors (Lipinski definition) is 1. The van der Waals surface area contributed by atoms with Crippen molar-refractivity contribution < 1.29 is 0 Å². The predicted molar refractivity (Wildman–Crippen MR) is 153 cm³/mol. The fraction of sp³-hybridized carbons (Fsp3) is 0.0690. The van der Waals surface area contributed by atoms with E-state index in [1.165, 1.54) is 4.88 Å². The number of halogens is 1. The van der Waals surface area contributed by atoms with Crippen molar-refractivity contribution in [2.24, 2.45) is 9.98 Å². The standard InChI is InChI=1S/C29H21ClN6S/c1-18-25-26(24-12-7-17-37-24)35-23-11-6-5-10-22(23)32-27(31-20-15-13-19(30)14-16-20)29(35)33-28(25)36(34-18)21-8-3-2-4-9-21/h2-17,26H,1H3,(H,31,32)/t26-/m1/s1. The Morgan fingerprint density at radius 1 is 0.865 bits per heavy atom. The summed E-state index contributed by atoms with van der Waals surface area (Å²) < 4.78 is 1.94. The van der Waals surface area contributed by atoms with Crippen molar-refractivity contribution in [2.75, 3.05) is 10.2 Å². The van der Waals surface area contributed by atoms with Gasteiger partial charge in [-0.05, 0) is 66.9 Å². The number of aromatic nitrogens is 2. The topological polar surface area (TPSA) is 57.8 Å². The predicted octanol–water partition coefficient (Wildman–Crippen LogP) is 7.69. The minimum absolute atomic E-state index is 0.0985. The molecule has 1 atom stereocenters. The second kappa shape index (κ2) is 8.73. The molecule has 0 radical (unpaired) electrons. The number of benzene rings is 3. The zero-order valence-corrected chi connectivity index (χ0v) is 21.4. The van der Waals surface area contributed by atoms with Crippen molar-refractivity contribution >= 4 is 57.5 Å². The molecule has 2 aliphatic heterocycles. The van der Waals surface area contributed by atoms with Crippen LogP contribution >= 0.6 is 22.9 Å². The van der Waals surface area contributed by atoms with Crippen LogP contribution in [0.5, 0.6) is 0 Å². The van der Waals surface area contributed by atoms with Gasteiger partial charge in [0.25, 0.3) is 0 Å². The summed E-state index contributed by atoms with van der Waals surface area (Å²) in [6.07, 6.45) is 0. The Kier molecular flexibility index (Phi) is 5.20. The molecule has 0 saturated carbocycles. The van der Waals surface area contributed by atoms with Gasteiger partial charge in [0.2, 0.25) is 0 Å². The molecule has 0 bridgehead atoms. The number of aryl methyl sites for hydroxylation is 1. The number of anilines is 2. The van der Waals surface area contributed by atoms with E-state index >= 15 is 0 Å². The molecule has 180 valence electrons. The first-order valence-electron chi connectivity index (χ1n) is 11.9. The molecule has 1 N–H and O–H groups in total. The van der Waals surface area contributed by atoms with E-state index in [0.29, 0.717) is 10.9 Å². The van der Waals surface area contributed by atoms with Crippen molar-refractivity contribution in [3.05, 3.63) is 118 Å². The molecule has 8 heteroatoms. The highest BCUT2D eigenvalue weighted by Crippen LogP contribution is 2.49. The number of amidine groups is 2. The molecule has 2 aromatic heterocycles. The van der Waals surface area contributed by atoms with Crippen molar-refractivity contribution in [1.29, 1.82) is 0 Å². The van der Waals surface area contributed by atoms with Gasteiger partial charge in [-0.25, -0.2) is 14.7 Å². The maximum atomic E-state index is 6.14. The van der Waals surface area contributed by atoms with E-state index in [1.54, 1.807) is 11.3 Å². The van der Waals surface area contributed by atoms with Gasteiger partial charge in [0.1, 0.15) is 6.04 Å². The number of fused-ring (bicyclic) bond motifs is 4. The second-order valence-electron chi connectivity index (χ2n) is 8.87. The van der Waals surface area contributed by atoms with Gasteiger partial charge in [0.15, 0.2) is 17.5 Å². The number of aliphatic imine (C=N–C) groups is 2. The average Bonchev–Trinajstić information content (AvgIpc) is 3.58. The van der Waals surface area contributed by atoms with Crippen LogP contribution in [0.2, 0.25) is 5.02 Å². The summed E-state index contributed by atoms with van der Waals surface area (Å²) in [5.41, 5.74) is 5.80. The molecular weight excluding hydrogens is 500 g/mol. The van der Waals surface area contributed by atoms with Crippen LogP contribution in [0.15, 0.2) is 106 Å². The molecule has 0 aliphatic carbocycles. The number of nitrogens with zero attached hydrogens (tertiary/aromatic N) is 5. The summed E-state index contributed by atoms with van der Waals surface area (Å²) in [6.45, 7) is 2.07. The van der Waals surface area contributed by atoms with Crippen LogP contribution in [0, 0.1) is 6.92 Å². The molecule has 0 saturated heterocycles. The van der Waals surface area contributed by atoms with Crippen LogP contribution < -0.4 is 10.2 Å². The zero-order chi connectivity index (χ0) is 24.9. The normalized spacial score (nSPS) is 15.8. The van der Waals surface area contributed by atoms with E-state index in [2.05, 4.69) is 52.9 Å². The Labute approximate surface area is 223 Å². The second-order valence-corrected chi connectivity index (χ2v) is 10.3. The van der Waals surface area contributed by atoms with E-state index < -0.39 is 0 Å². The van der Waals surface area contributed by atoms with Crippen LogP contribution in [0.1, 0.15) is 22.2 Å². The molecule has 0 spiro atoms. The summed E-state index contributed by atoms with van der Waals surface area (Å²) in [5, 5.41) is 11.3. The van der Waals surface area contributed by atoms with E-state index in [-0.39, 0.29) is 6.04 Å². The maximum Gasteiger partial charge on any atom is 0.179 e. The first kappa shape index (κ1) is 22.0. The molecule has 4 heterocycles. The highest BCUT2D eigenvalue weighted by atomic mass is 35.5. The fourth-order valence-electron chi connectivity index (χ4n) is 4.93. The quantitative estimate of drug-likeness (QED) is 0.265. The molecule has 2 aliphatic rings. The summed E-state index contributed by atoms with van der Waals surface area (Å²) in [4.78, 5) is 13.8. The minimum atomic E-state index is -0.0985. The van der Waals surface area contributed by atoms with Crippen LogP contribution in [-0.2, 0) is 0 Å². The van der Waals surface area contributed by atoms with E-state index in [9.17, 15) is 0 Å². The third-order valence-corrected chi connectivity index (χ3v) is 7.74. The lowest BCUT2D eigenvalue weighted by atomic mass is 9.98. The van der Waals surface area contributed by atoms with Gasteiger partial charge in [-0.3, -0.25) is 0 Å². The van der Waals surface area contributed by atoms with Gasteiger partial charge < -0.3 is 10.2 Å². The van der Waals surface area contributed by atoms with Crippen LogP contribution in [0.3, 0.4) is 0 Å². The van der Waals surface area contributed by atoms with Crippen LogP contribution in [-0.4, -0.2) is 21.5 Å². The zero-order valence-electron chi connectivity index (χ0n) is 19.8. The highest BCUT2D eigenvalue weighted by Gasteiger charge is 2.41. The molecule has 6 nitrogen and oxygen atoms in total. The van der Waals surface area contributed by atoms with Crippen molar-refractivity contribution in [2.45, 2.75) is 13.0 Å². The van der Waals surface area contributed by atoms with Gasteiger partial charge in [-0.15, -0.1) is 11.3 Å². The van der Waals surface area contributed by atoms with E-state index in [0.717, 1.165) is 45.7 Å². The maximum absolute atomic E-state index is 6.14. The summed E-state index contributed by atoms with van der Waals surface area (Å²) >= 11 is 7.88. The van der Waals surface area contributed by atoms with Crippen LogP contribution in [0.25, 0.3) is 5.69 Å². The average molecular weight is 521 g/mol. The van der Waals surface area contributed by atoms with Crippen molar-refractivity contribution in [3.63, 3.8) is 0 Å². The Morgan fingerprint density at radius 3 is 2.43 bits per heavy atom. The molecule has 37 heavy (non-hydrogen) atoms. The number of nitrogens with one attached hydrogen (secondary N) is 1. The Bertz CT molecular complexity index is 1670. The molecule has 0 unspecified atom stereocenters. The smallest absolute Gasteiger partial charge is 0.179 e. The van der Waals surface area contributed by atoms with E-state index in [1.807, 2.05) is 65.3 Å². The lowest BCUT2D eigenvalue weighted by Gasteiger charge is -2.40. The van der Waals surface area contributed by atoms with Gasteiger partial charge in [-0.1, -0.05) is 48.0 Å². The van der Waals surface area contributed by atoms with Gasteiger partial charge in [-0.2, -0.15) is 5.10 Å². The van der Waals surface area contributed by atoms with Gasteiger partial charge in [0, 0.05) is 21.2 Å². The fourth-order valence-corrected chi connectivity index (χ4v) is 5.88. The summed E-state index contributed by atoms with van der Waals surface area (Å²) in [5.74, 6) is 2.24. The van der Waals surface area contributed by atoms with Gasteiger partial charge in [0.05, 0.1) is 22.8 Å². The molecule has 3 aromatic carbocycles. The SMILES string of the molecule is Cc1nn(-c2ccccc2)c2c1[C@@H](c1cccs1)N1C(=N2)C(Nc2ccc(Cl)cc2)=Nc2ccccc21. The molecule has 0 fully saturated rings.